The van der Waals surface area contributed by atoms with Crippen LogP contribution in [0, 0.1) is 18.6 Å². The van der Waals surface area contributed by atoms with Crippen molar-refractivity contribution in [2.45, 2.75) is 20.0 Å². The van der Waals surface area contributed by atoms with Gasteiger partial charge < -0.3 is 14.3 Å². The number of hydrogen-bond acceptors (Lipinski definition) is 2. The number of benzene rings is 2. The summed E-state index contributed by atoms with van der Waals surface area (Å²) in [6.45, 7) is 2.26. The number of halogens is 2. The monoisotopic (exact) mass is 380 g/mol. The van der Waals surface area contributed by atoms with Crippen LogP contribution in [0.15, 0.2) is 65.1 Å². The summed E-state index contributed by atoms with van der Waals surface area (Å²) in [5.41, 5.74) is 2.84. The lowest BCUT2D eigenvalue weighted by Gasteiger charge is -2.11. The second-order valence-electron chi connectivity index (χ2n) is 6.63. The molecule has 4 nitrogen and oxygen atoms in total. The molecule has 0 bridgehead atoms. The van der Waals surface area contributed by atoms with Crippen molar-refractivity contribution >= 4 is 17.0 Å². The smallest absolute Gasteiger partial charge is 0.268 e. The maximum Gasteiger partial charge on any atom is 0.268 e. The fourth-order valence-electron chi connectivity index (χ4n) is 3.21. The average molecular weight is 380 g/mol. The number of carbonyl (C=O) groups excluding carboxylic acids is 1. The molecule has 0 aliphatic rings. The first-order valence-corrected chi connectivity index (χ1v) is 8.87. The van der Waals surface area contributed by atoms with E-state index in [0.29, 0.717) is 29.1 Å². The highest BCUT2D eigenvalue weighted by Gasteiger charge is 2.19. The van der Waals surface area contributed by atoms with Crippen molar-refractivity contribution < 1.29 is 18.0 Å². The van der Waals surface area contributed by atoms with E-state index in [0.717, 1.165) is 11.6 Å². The minimum Gasteiger partial charge on any atom is -0.460 e. The highest BCUT2D eigenvalue weighted by atomic mass is 19.1. The fraction of sp³-hybridized carbons (Fsp3) is 0.136. The van der Waals surface area contributed by atoms with Crippen molar-refractivity contribution in [1.82, 2.24) is 9.88 Å². The summed E-state index contributed by atoms with van der Waals surface area (Å²) in [6.07, 6.45) is 0. The predicted molar refractivity (Wildman–Crippen MR) is 102 cm³/mol. The van der Waals surface area contributed by atoms with E-state index in [1.54, 1.807) is 23.6 Å². The summed E-state index contributed by atoms with van der Waals surface area (Å²) in [4.78, 5) is 12.8. The number of aryl methyl sites for hydroxylation is 1. The lowest BCUT2D eigenvalue weighted by Crippen LogP contribution is -2.25. The van der Waals surface area contributed by atoms with Crippen molar-refractivity contribution in [3.05, 3.63) is 94.9 Å². The second kappa shape index (κ2) is 7.31. The Hall–Kier alpha value is -3.41. The number of rotatable bonds is 5. The van der Waals surface area contributed by atoms with Gasteiger partial charge in [0, 0.05) is 30.3 Å². The van der Waals surface area contributed by atoms with Gasteiger partial charge in [-0.3, -0.25) is 4.79 Å². The zero-order chi connectivity index (χ0) is 19.7. The van der Waals surface area contributed by atoms with Gasteiger partial charge in [-0.25, -0.2) is 8.78 Å². The van der Waals surface area contributed by atoms with Gasteiger partial charge in [0.15, 0.2) is 5.58 Å². The van der Waals surface area contributed by atoms with Gasteiger partial charge in [-0.2, -0.15) is 0 Å². The molecule has 0 atom stereocenters. The quantitative estimate of drug-likeness (QED) is 0.541. The number of aromatic nitrogens is 1. The largest absolute Gasteiger partial charge is 0.460 e. The van der Waals surface area contributed by atoms with E-state index in [-0.39, 0.29) is 18.0 Å². The van der Waals surface area contributed by atoms with Gasteiger partial charge in [-0.15, -0.1) is 0 Å². The summed E-state index contributed by atoms with van der Waals surface area (Å²) in [6, 6.07) is 16.4. The highest BCUT2D eigenvalue weighted by Crippen LogP contribution is 2.25. The van der Waals surface area contributed by atoms with Crippen LogP contribution < -0.4 is 5.32 Å². The molecule has 142 valence electrons. The zero-order valence-corrected chi connectivity index (χ0v) is 15.2. The Labute approximate surface area is 160 Å². The summed E-state index contributed by atoms with van der Waals surface area (Å²) in [5.74, 6) is -0.901. The van der Waals surface area contributed by atoms with E-state index in [9.17, 15) is 13.6 Å². The van der Waals surface area contributed by atoms with Crippen molar-refractivity contribution in [2.75, 3.05) is 0 Å². The first-order chi connectivity index (χ1) is 13.5. The predicted octanol–water partition coefficient (Wildman–Crippen LogP) is 4.80. The molecule has 2 aromatic heterocycles. The molecule has 1 N–H and O–H groups in total. The first kappa shape index (κ1) is 18.0. The number of nitrogens with one attached hydrogen (secondary N) is 1. The van der Waals surface area contributed by atoms with Crippen LogP contribution in [0.5, 0.6) is 0 Å². The number of hydrogen-bond donors (Lipinski definition) is 1. The van der Waals surface area contributed by atoms with E-state index in [1.807, 2.05) is 30.3 Å². The van der Waals surface area contributed by atoms with Crippen LogP contribution in [-0.4, -0.2) is 10.5 Å². The van der Waals surface area contributed by atoms with Gasteiger partial charge in [0.25, 0.3) is 5.91 Å². The Balaban J connectivity index is 1.66. The van der Waals surface area contributed by atoms with Crippen LogP contribution in [0.3, 0.4) is 0 Å². The van der Waals surface area contributed by atoms with E-state index >= 15 is 0 Å². The maximum absolute atomic E-state index is 14.2. The third-order valence-corrected chi connectivity index (χ3v) is 4.58. The minimum atomic E-state index is -0.655. The molecule has 4 aromatic rings. The van der Waals surface area contributed by atoms with Crippen molar-refractivity contribution in [1.29, 1.82) is 0 Å². The van der Waals surface area contributed by atoms with E-state index in [2.05, 4.69) is 5.32 Å². The zero-order valence-electron chi connectivity index (χ0n) is 15.2. The first-order valence-electron chi connectivity index (χ1n) is 8.87. The SMILES string of the molecule is Cc1cc2c(cc(C(=O)NCc3ccccc3)n2Cc2ccc(F)cc2F)o1. The third-order valence-electron chi connectivity index (χ3n) is 4.58. The fourth-order valence-corrected chi connectivity index (χ4v) is 3.21. The van der Waals surface area contributed by atoms with Crippen molar-refractivity contribution in [3.63, 3.8) is 0 Å². The molecule has 1 amide bonds. The number of amides is 1. The molecule has 0 unspecified atom stereocenters. The maximum atomic E-state index is 14.2. The Bertz CT molecular complexity index is 1150. The molecule has 0 fully saturated rings. The molecule has 2 heterocycles. The van der Waals surface area contributed by atoms with Gasteiger partial charge in [-0.05, 0) is 18.6 Å². The van der Waals surface area contributed by atoms with Crippen molar-refractivity contribution in [2.24, 2.45) is 0 Å². The molecule has 4 rings (SSSR count). The van der Waals surface area contributed by atoms with Gasteiger partial charge in [-0.1, -0.05) is 36.4 Å². The summed E-state index contributed by atoms with van der Waals surface area (Å²) >= 11 is 0. The Kier molecular flexibility index (Phi) is 4.69. The van der Waals surface area contributed by atoms with Gasteiger partial charge in [0.05, 0.1) is 12.1 Å². The standard InChI is InChI=1S/C22H18F2N2O2/c1-14-9-19-21(28-14)11-20(22(27)25-12-15-5-3-2-4-6-15)26(19)13-16-7-8-17(23)10-18(16)24/h2-11H,12-13H2,1H3,(H,25,27). The van der Waals surface area contributed by atoms with Gasteiger partial charge >= 0.3 is 0 Å². The normalized spacial score (nSPS) is 11.1. The molecule has 0 radical (unpaired) electrons. The van der Waals surface area contributed by atoms with Crippen LogP contribution in [0.4, 0.5) is 8.78 Å². The van der Waals surface area contributed by atoms with Crippen LogP contribution in [0.25, 0.3) is 11.1 Å². The molecule has 6 heteroatoms. The Morgan fingerprint density at radius 2 is 1.86 bits per heavy atom. The lowest BCUT2D eigenvalue weighted by atomic mass is 10.2. The molecule has 0 aliphatic heterocycles. The van der Waals surface area contributed by atoms with E-state index in [1.165, 1.54) is 12.1 Å². The number of fused-ring (bicyclic) bond motifs is 1. The summed E-state index contributed by atoms with van der Waals surface area (Å²) in [7, 11) is 0. The van der Waals surface area contributed by atoms with Gasteiger partial charge in [0.1, 0.15) is 23.1 Å². The summed E-state index contributed by atoms with van der Waals surface area (Å²) < 4.78 is 34.7. The van der Waals surface area contributed by atoms with Crippen molar-refractivity contribution in [3.8, 4) is 0 Å². The highest BCUT2D eigenvalue weighted by molar-refractivity contribution is 5.97. The van der Waals surface area contributed by atoms with Crippen LogP contribution in [-0.2, 0) is 13.1 Å². The molecule has 0 saturated heterocycles. The second-order valence-corrected chi connectivity index (χ2v) is 6.63. The minimum absolute atomic E-state index is 0.0860. The summed E-state index contributed by atoms with van der Waals surface area (Å²) in [5, 5.41) is 2.88. The number of nitrogens with zero attached hydrogens (tertiary/aromatic N) is 1. The Morgan fingerprint density at radius 3 is 2.61 bits per heavy atom. The lowest BCUT2D eigenvalue weighted by molar-refractivity contribution is 0.0942. The molecule has 0 aliphatic carbocycles. The molecule has 0 saturated carbocycles. The number of furan rings is 1. The van der Waals surface area contributed by atoms with Gasteiger partial charge in [0.2, 0.25) is 0 Å². The molecule has 28 heavy (non-hydrogen) atoms. The molecule has 2 aromatic carbocycles. The average Bonchev–Trinajstić information content (AvgIpc) is 3.19. The molecule has 0 spiro atoms. The number of carbonyl (C=O) groups is 1. The molecular weight excluding hydrogens is 362 g/mol. The van der Waals surface area contributed by atoms with Crippen LogP contribution >= 0.6 is 0 Å². The van der Waals surface area contributed by atoms with Crippen LogP contribution in [0.2, 0.25) is 0 Å². The third kappa shape index (κ3) is 3.53. The Morgan fingerprint density at radius 1 is 1.07 bits per heavy atom. The van der Waals surface area contributed by atoms with E-state index in [4.69, 9.17) is 4.42 Å². The van der Waals surface area contributed by atoms with E-state index < -0.39 is 11.6 Å². The topological polar surface area (TPSA) is 47.2 Å². The van der Waals surface area contributed by atoms with Crippen LogP contribution in [0.1, 0.15) is 27.4 Å². The molecular formula is C22H18F2N2O2.